The summed E-state index contributed by atoms with van der Waals surface area (Å²) in [6.07, 6.45) is 4.04. The fourth-order valence-corrected chi connectivity index (χ4v) is 1.87. The van der Waals surface area contributed by atoms with E-state index >= 15 is 0 Å². The molecule has 10 heavy (non-hydrogen) atoms. The van der Waals surface area contributed by atoms with E-state index in [0.29, 0.717) is 0 Å². The van der Waals surface area contributed by atoms with E-state index in [1.54, 1.807) is 11.8 Å². The normalized spacial score (nSPS) is 24.6. The van der Waals surface area contributed by atoms with Crippen LogP contribution in [0.4, 0.5) is 0 Å². The van der Waals surface area contributed by atoms with Crippen molar-refractivity contribution in [3.8, 4) is 0 Å². The quantitative estimate of drug-likeness (QED) is 0.654. The molecular formula is C7H14O2S. The standard InChI is InChI=1S/C7H14O2S/c1-10-7(6-8)2-4-9-5-3-7/h8H,2-6H2,1H3. The molecule has 0 saturated carbocycles. The molecule has 0 aromatic carbocycles. The largest absolute Gasteiger partial charge is 0.395 e. The summed E-state index contributed by atoms with van der Waals surface area (Å²) in [6, 6.07) is 0. The molecule has 0 aliphatic carbocycles. The SMILES string of the molecule is CSC1(CO)CCOCC1. The van der Waals surface area contributed by atoms with E-state index in [2.05, 4.69) is 6.26 Å². The van der Waals surface area contributed by atoms with Crippen LogP contribution in [0.5, 0.6) is 0 Å². The molecule has 1 aliphatic rings. The van der Waals surface area contributed by atoms with Gasteiger partial charge in [-0.25, -0.2) is 0 Å². The number of ether oxygens (including phenoxy) is 1. The van der Waals surface area contributed by atoms with Gasteiger partial charge in [0.25, 0.3) is 0 Å². The second-order valence-corrected chi connectivity index (χ2v) is 3.93. The second kappa shape index (κ2) is 3.60. The Morgan fingerprint density at radius 2 is 2.10 bits per heavy atom. The van der Waals surface area contributed by atoms with Crippen LogP contribution in [0.2, 0.25) is 0 Å². The smallest absolute Gasteiger partial charge is 0.0579 e. The Hall–Kier alpha value is 0.270. The van der Waals surface area contributed by atoms with E-state index < -0.39 is 0 Å². The summed E-state index contributed by atoms with van der Waals surface area (Å²) in [5, 5.41) is 9.07. The number of rotatable bonds is 2. The lowest BCUT2D eigenvalue weighted by atomic mass is 10.0. The van der Waals surface area contributed by atoms with Crippen LogP contribution in [0.1, 0.15) is 12.8 Å². The fraction of sp³-hybridized carbons (Fsp3) is 1.00. The molecule has 0 amide bonds. The van der Waals surface area contributed by atoms with E-state index in [4.69, 9.17) is 9.84 Å². The van der Waals surface area contributed by atoms with Gasteiger partial charge in [-0.05, 0) is 19.1 Å². The first-order chi connectivity index (χ1) is 4.83. The average Bonchev–Trinajstić information content (AvgIpc) is 2.06. The first-order valence-corrected chi connectivity index (χ1v) is 4.79. The minimum atomic E-state index is 0.109. The highest BCUT2D eigenvalue weighted by Gasteiger charge is 2.30. The van der Waals surface area contributed by atoms with Gasteiger partial charge in [-0.2, -0.15) is 11.8 Å². The molecule has 3 heteroatoms. The van der Waals surface area contributed by atoms with Crippen LogP contribution in [0.25, 0.3) is 0 Å². The van der Waals surface area contributed by atoms with Crippen LogP contribution >= 0.6 is 11.8 Å². The van der Waals surface area contributed by atoms with Crippen LogP contribution in [-0.2, 0) is 4.74 Å². The summed E-state index contributed by atoms with van der Waals surface area (Å²) < 4.78 is 5.31. The summed E-state index contributed by atoms with van der Waals surface area (Å²) in [5.41, 5.74) is 0. The van der Waals surface area contributed by atoms with Crippen LogP contribution in [-0.4, -0.2) is 35.9 Å². The lowest BCUT2D eigenvalue weighted by Gasteiger charge is -2.33. The molecule has 0 radical (unpaired) electrons. The highest BCUT2D eigenvalue weighted by atomic mass is 32.2. The Morgan fingerprint density at radius 1 is 1.50 bits per heavy atom. The predicted octanol–water partition coefficient (Wildman–Crippen LogP) is 0.891. The van der Waals surface area contributed by atoms with Gasteiger partial charge < -0.3 is 9.84 Å². The van der Waals surface area contributed by atoms with Gasteiger partial charge >= 0.3 is 0 Å². The Morgan fingerprint density at radius 3 is 2.40 bits per heavy atom. The first-order valence-electron chi connectivity index (χ1n) is 3.57. The van der Waals surface area contributed by atoms with Crippen molar-refractivity contribution in [1.29, 1.82) is 0 Å². The molecule has 0 atom stereocenters. The molecule has 0 unspecified atom stereocenters. The van der Waals surface area contributed by atoms with Crippen LogP contribution in [0.3, 0.4) is 0 Å². The van der Waals surface area contributed by atoms with Gasteiger partial charge in [0.2, 0.25) is 0 Å². The molecule has 60 valence electrons. The summed E-state index contributed by atoms with van der Waals surface area (Å²) in [4.78, 5) is 0. The third-order valence-electron chi connectivity index (χ3n) is 2.13. The fourth-order valence-electron chi connectivity index (χ4n) is 1.17. The molecule has 0 aromatic rings. The monoisotopic (exact) mass is 162 g/mol. The molecular weight excluding hydrogens is 148 g/mol. The van der Waals surface area contributed by atoms with Crippen molar-refractivity contribution in [3.05, 3.63) is 0 Å². The van der Waals surface area contributed by atoms with Gasteiger partial charge in [0.1, 0.15) is 0 Å². The van der Waals surface area contributed by atoms with Crippen LogP contribution < -0.4 is 0 Å². The third-order valence-corrected chi connectivity index (χ3v) is 3.53. The number of aliphatic hydroxyl groups is 1. The Bertz CT molecular complexity index is 93.8. The third kappa shape index (κ3) is 1.65. The lowest BCUT2D eigenvalue weighted by Crippen LogP contribution is -2.36. The zero-order chi connectivity index (χ0) is 7.45. The van der Waals surface area contributed by atoms with Gasteiger partial charge in [-0.15, -0.1) is 0 Å². The molecule has 0 bridgehead atoms. The predicted molar refractivity (Wildman–Crippen MR) is 43.4 cm³/mol. The van der Waals surface area contributed by atoms with E-state index in [-0.39, 0.29) is 11.4 Å². The minimum Gasteiger partial charge on any atom is -0.395 e. The average molecular weight is 162 g/mol. The number of hydrogen-bond donors (Lipinski definition) is 1. The molecule has 1 fully saturated rings. The van der Waals surface area contributed by atoms with Gasteiger partial charge in [0, 0.05) is 18.0 Å². The molecule has 2 nitrogen and oxygen atoms in total. The Labute approximate surface area is 66.0 Å². The van der Waals surface area contributed by atoms with Crippen molar-refractivity contribution in [2.45, 2.75) is 17.6 Å². The maximum Gasteiger partial charge on any atom is 0.0579 e. The summed E-state index contributed by atoms with van der Waals surface area (Å²) in [6.45, 7) is 1.90. The van der Waals surface area contributed by atoms with E-state index in [1.807, 2.05) is 0 Å². The highest BCUT2D eigenvalue weighted by Crippen LogP contribution is 2.32. The van der Waals surface area contributed by atoms with Gasteiger partial charge in [0.15, 0.2) is 0 Å². The van der Waals surface area contributed by atoms with E-state index in [9.17, 15) is 0 Å². The minimum absolute atomic E-state index is 0.109. The van der Waals surface area contributed by atoms with Crippen molar-refractivity contribution in [2.75, 3.05) is 26.1 Å². The Balaban J connectivity index is 2.44. The lowest BCUT2D eigenvalue weighted by molar-refractivity contribution is 0.0594. The van der Waals surface area contributed by atoms with E-state index in [0.717, 1.165) is 26.1 Å². The van der Waals surface area contributed by atoms with Crippen LogP contribution in [0, 0.1) is 0 Å². The maximum absolute atomic E-state index is 9.07. The molecule has 1 aliphatic heterocycles. The van der Waals surface area contributed by atoms with Gasteiger partial charge in [0.05, 0.1) is 6.61 Å². The number of aliphatic hydroxyl groups excluding tert-OH is 1. The topological polar surface area (TPSA) is 29.5 Å². The van der Waals surface area contributed by atoms with Gasteiger partial charge in [-0.3, -0.25) is 0 Å². The van der Waals surface area contributed by atoms with Crippen molar-refractivity contribution in [3.63, 3.8) is 0 Å². The molecule has 1 heterocycles. The highest BCUT2D eigenvalue weighted by molar-refractivity contribution is 8.00. The first kappa shape index (κ1) is 8.37. The van der Waals surface area contributed by atoms with Crippen molar-refractivity contribution in [2.24, 2.45) is 0 Å². The van der Waals surface area contributed by atoms with Crippen molar-refractivity contribution >= 4 is 11.8 Å². The molecule has 0 aromatic heterocycles. The summed E-state index contributed by atoms with van der Waals surface area (Å²) >= 11 is 1.76. The zero-order valence-electron chi connectivity index (χ0n) is 6.30. The second-order valence-electron chi connectivity index (χ2n) is 2.66. The Kier molecular flexibility index (Phi) is 3.01. The number of hydrogen-bond acceptors (Lipinski definition) is 3. The zero-order valence-corrected chi connectivity index (χ0v) is 7.12. The summed E-state index contributed by atoms with van der Waals surface area (Å²) in [7, 11) is 0. The number of thioether (sulfide) groups is 1. The molecule has 1 saturated heterocycles. The van der Waals surface area contributed by atoms with Crippen molar-refractivity contribution < 1.29 is 9.84 Å². The van der Waals surface area contributed by atoms with E-state index in [1.165, 1.54) is 0 Å². The maximum atomic E-state index is 9.07. The summed E-state index contributed by atoms with van der Waals surface area (Å²) in [5.74, 6) is 0. The molecule has 1 rings (SSSR count). The van der Waals surface area contributed by atoms with Crippen LogP contribution in [0.15, 0.2) is 0 Å². The van der Waals surface area contributed by atoms with Gasteiger partial charge in [-0.1, -0.05) is 0 Å². The molecule has 1 N–H and O–H groups in total. The van der Waals surface area contributed by atoms with Crippen molar-refractivity contribution in [1.82, 2.24) is 0 Å². The molecule has 0 spiro atoms.